The minimum absolute atomic E-state index is 0.0464. The molecule has 1 unspecified atom stereocenters. The molecule has 212 valence electrons. The molecule has 3 heterocycles. The number of pyridine rings is 2. The number of halogens is 3. The second kappa shape index (κ2) is 11.1. The van der Waals surface area contributed by atoms with E-state index in [9.17, 15) is 28.2 Å². The lowest BCUT2D eigenvalue weighted by atomic mass is 9.91. The Balaban J connectivity index is 1.50. The van der Waals surface area contributed by atoms with Crippen molar-refractivity contribution < 1.29 is 32.9 Å². The number of carbonyl (C=O) groups excluding carboxylic acids is 1. The van der Waals surface area contributed by atoms with Crippen LogP contribution in [0.15, 0.2) is 30.5 Å². The summed E-state index contributed by atoms with van der Waals surface area (Å²) in [5.74, 6) is -3.81. The molecule has 11 heteroatoms. The number of Topliss-reactive ketones (excluding diaryl/α,β-unsaturated/α-hetero) is 1. The van der Waals surface area contributed by atoms with Crippen LogP contribution in [0.5, 0.6) is 5.75 Å². The highest BCUT2D eigenvalue weighted by molar-refractivity contribution is 5.97. The lowest BCUT2D eigenvalue weighted by Gasteiger charge is -2.41. The summed E-state index contributed by atoms with van der Waals surface area (Å²) in [4.78, 5) is 23.9. The predicted octanol–water partition coefficient (Wildman–Crippen LogP) is 3.51. The first-order valence-electron chi connectivity index (χ1n) is 13.3. The van der Waals surface area contributed by atoms with E-state index in [-0.39, 0.29) is 30.4 Å². The number of nitrogens with two attached hydrogens (primary N) is 1. The fourth-order valence-corrected chi connectivity index (χ4v) is 5.64. The first-order chi connectivity index (χ1) is 19.1. The molecule has 0 spiro atoms. The number of fused-ring (bicyclic) bond motifs is 1. The molecule has 5 rings (SSSR count). The van der Waals surface area contributed by atoms with Crippen LogP contribution in [0.3, 0.4) is 0 Å². The summed E-state index contributed by atoms with van der Waals surface area (Å²) in [6, 6.07) is 3.49. The van der Waals surface area contributed by atoms with E-state index in [0.29, 0.717) is 37.2 Å². The molecule has 2 aliphatic rings. The second-order valence-electron chi connectivity index (χ2n) is 10.4. The second-order valence-corrected chi connectivity index (χ2v) is 10.4. The van der Waals surface area contributed by atoms with Gasteiger partial charge in [0.1, 0.15) is 34.6 Å². The van der Waals surface area contributed by atoms with Crippen molar-refractivity contribution in [2.45, 2.75) is 51.4 Å². The monoisotopic (exact) mass is 556 g/mol. The normalized spacial score (nSPS) is 22.4. The number of nitrogens with zero attached hydrogens (tertiary/aromatic N) is 3. The highest BCUT2D eigenvalue weighted by Crippen LogP contribution is 2.40. The summed E-state index contributed by atoms with van der Waals surface area (Å²) < 4.78 is 49.5. The predicted molar refractivity (Wildman–Crippen MR) is 142 cm³/mol. The van der Waals surface area contributed by atoms with Crippen molar-refractivity contribution in [3.8, 4) is 17.0 Å². The Morgan fingerprint density at radius 2 is 1.88 bits per heavy atom. The van der Waals surface area contributed by atoms with Crippen molar-refractivity contribution in [2.24, 2.45) is 11.7 Å². The summed E-state index contributed by atoms with van der Waals surface area (Å²) in [6.07, 6.45) is 0.997. The van der Waals surface area contributed by atoms with Gasteiger partial charge in [-0.2, -0.15) is 0 Å². The topological polar surface area (TPSA) is 122 Å². The molecule has 1 aliphatic heterocycles. The highest BCUT2D eigenvalue weighted by Gasteiger charge is 2.36. The fourth-order valence-electron chi connectivity index (χ4n) is 5.64. The van der Waals surface area contributed by atoms with Crippen LogP contribution in [0.4, 0.5) is 18.9 Å². The number of aliphatic hydroxyl groups excluding tert-OH is 2. The van der Waals surface area contributed by atoms with Crippen LogP contribution in [-0.4, -0.2) is 57.8 Å². The molecule has 1 aromatic carbocycles. The van der Waals surface area contributed by atoms with Crippen LogP contribution in [0.25, 0.3) is 11.3 Å². The molecule has 8 nitrogen and oxygen atoms in total. The van der Waals surface area contributed by atoms with E-state index < -0.39 is 52.7 Å². The minimum atomic E-state index is -1.07. The van der Waals surface area contributed by atoms with E-state index >= 15 is 0 Å². The van der Waals surface area contributed by atoms with Gasteiger partial charge in [-0.05, 0) is 31.9 Å². The number of anilines is 1. The van der Waals surface area contributed by atoms with Crippen LogP contribution >= 0.6 is 0 Å². The number of ether oxygens (including phenoxy) is 1. The molecule has 1 aliphatic carbocycles. The van der Waals surface area contributed by atoms with Gasteiger partial charge >= 0.3 is 0 Å². The van der Waals surface area contributed by atoms with Gasteiger partial charge in [0.05, 0.1) is 30.1 Å². The van der Waals surface area contributed by atoms with E-state index in [1.165, 1.54) is 12.3 Å². The zero-order valence-electron chi connectivity index (χ0n) is 22.2. The largest absolute Gasteiger partial charge is 0.494 e. The number of carbonyl (C=O) groups is 1. The summed E-state index contributed by atoms with van der Waals surface area (Å²) in [6.45, 7) is 4.57. The van der Waals surface area contributed by atoms with Crippen molar-refractivity contribution in [2.75, 3.05) is 24.6 Å². The molecule has 3 aromatic rings. The smallest absolute Gasteiger partial charge is 0.185 e. The standard InChI is InChI=1S/C29H31F3N4O4/c1-3-40-16-9-19(31)25(20(32)10-16)27-18(30)5-6-22(35-27)24(38)8-15-11-34-26-17(4-7-23(26)37)28(15)36-12-14(2)29(39)21(33)13-36/h5-6,9-11,14,21,23,29,37,39H,3-4,7-8,12-13,33H2,1-2H3/t14-,21+,23?,29+/m0/s1. The zero-order valence-corrected chi connectivity index (χ0v) is 22.2. The zero-order chi connectivity index (χ0) is 28.7. The number of aliphatic hydroxyl groups is 2. The molecule has 0 bridgehead atoms. The maximum absolute atomic E-state index is 14.8. The summed E-state index contributed by atoms with van der Waals surface area (Å²) in [5.41, 5.74) is 7.37. The van der Waals surface area contributed by atoms with Gasteiger partial charge in [-0.1, -0.05) is 6.92 Å². The summed E-state index contributed by atoms with van der Waals surface area (Å²) in [7, 11) is 0. The highest BCUT2D eigenvalue weighted by atomic mass is 19.1. The van der Waals surface area contributed by atoms with Gasteiger partial charge in [0, 0.05) is 66.6 Å². The Morgan fingerprint density at radius 1 is 1.15 bits per heavy atom. The molecule has 0 amide bonds. The number of aromatic nitrogens is 2. The number of hydrogen-bond acceptors (Lipinski definition) is 8. The van der Waals surface area contributed by atoms with Gasteiger partial charge in [-0.15, -0.1) is 0 Å². The molecule has 0 radical (unpaired) electrons. The number of piperidine rings is 1. The van der Waals surface area contributed by atoms with E-state index in [4.69, 9.17) is 10.5 Å². The van der Waals surface area contributed by atoms with Gasteiger partial charge in [-0.3, -0.25) is 9.78 Å². The summed E-state index contributed by atoms with van der Waals surface area (Å²) in [5, 5.41) is 20.8. The molecular formula is C29H31F3N4O4. The van der Waals surface area contributed by atoms with Crippen molar-refractivity contribution in [1.29, 1.82) is 0 Å². The molecule has 40 heavy (non-hydrogen) atoms. The van der Waals surface area contributed by atoms with Crippen LogP contribution in [0.1, 0.15) is 53.7 Å². The maximum Gasteiger partial charge on any atom is 0.185 e. The van der Waals surface area contributed by atoms with Gasteiger partial charge in [0.15, 0.2) is 5.78 Å². The first-order valence-corrected chi connectivity index (χ1v) is 13.3. The average Bonchev–Trinajstić information content (AvgIpc) is 3.28. The van der Waals surface area contributed by atoms with Crippen molar-refractivity contribution in [3.63, 3.8) is 0 Å². The minimum Gasteiger partial charge on any atom is -0.494 e. The van der Waals surface area contributed by atoms with Crippen LogP contribution in [-0.2, 0) is 12.8 Å². The maximum atomic E-state index is 14.8. The summed E-state index contributed by atoms with van der Waals surface area (Å²) >= 11 is 0. The molecular weight excluding hydrogens is 525 g/mol. The third-order valence-corrected chi connectivity index (χ3v) is 7.57. The first kappa shape index (κ1) is 28.0. The molecule has 1 saturated heterocycles. The Kier molecular flexibility index (Phi) is 7.80. The van der Waals surface area contributed by atoms with Crippen LogP contribution < -0.4 is 15.4 Å². The van der Waals surface area contributed by atoms with E-state index in [1.807, 2.05) is 11.8 Å². The molecule has 2 aromatic heterocycles. The van der Waals surface area contributed by atoms with Crippen molar-refractivity contribution >= 4 is 11.5 Å². The Hall–Kier alpha value is -3.54. The van der Waals surface area contributed by atoms with Crippen LogP contribution in [0, 0.1) is 23.4 Å². The van der Waals surface area contributed by atoms with Gasteiger partial charge in [0.2, 0.25) is 0 Å². The van der Waals surface area contributed by atoms with Gasteiger partial charge < -0.3 is 25.6 Å². The van der Waals surface area contributed by atoms with Gasteiger partial charge in [0.25, 0.3) is 0 Å². The number of benzene rings is 1. The molecule has 4 N–H and O–H groups in total. The van der Waals surface area contributed by atoms with Crippen LogP contribution in [0.2, 0.25) is 0 Å². The van der Waals surface area contributed by atoms with E-state index in [1.54, 1.807) is 6.92 Å². The molecule has 1 fully saturated rings. The third kappa shape index (κ3) is 5.16. The molecule has 0 saturated carbocycles. The Bertz CT molecular complexity index is 1420. The number of rotatable bonds is 7. The number of hydrogen-bond donors (Lipinski definition) is 3. The van der Waals surface area contributed by atoms with E-state index in [2.05, 4.69) is 9.97 Å². The Morgan fingerprint density at radius 3 is 2.55 bits per heavy atom. The fraction of sp³-hybridized carbons (Fsp3) is 0.414. The quantitative estimate of drug-likeness (QED) is 0.378. The third-order valence-electron chi connectivity index (χ3n) is 7.57. The average molecular weight is 557 g/mol. The lowest BCUT2D eigenvalue weighted by Crippen LogP contribution is -2.56. The van der Waals surface area contributed by atoms with Gasteiger partial charge in [-0.25, -0.2) is 18.2 Å². The lowest BCUT2D eigenvalue weighted by molar-refractivity contribution is 0.0783. The number of ketones is 1. The SMILES string of the molecule is CCOc1cc(F)c(-c2nc(C(=O)Cc3cnc4c(c3N3C[C@@H](N)[C@H](O)[C@@H](C)C3)CCC4O)ccc2F)c(F)c1. The van der Waals surface area contributed by atoms with E-state index in [0.717, 1.165) is 29.4 Å². The Labute approximate surface area is 229 Å². The molecule has 4 atom stereocenters. The van der Waals surface area contributed by atoms with Crippen molar-refractivity contribution in [3.05, 3.63) is 70.4 Å². The van der Waals surface area contributed by atoms with Crippen molar-refractivity contribution in [1.82, 2.24) is 9.97 Å².